The summed E-state index contributed by atoms with van der Waals surface area (Å²) in [4.78, 5) is 16.2. The van der Waals surface area contributed by atoms with Crippen LogP contribution in [0.5, 0.6) is 0 Å². The van der Waals surface area contributed by atoms with E-state index in [1.165, 1.54) is 6.07 Å². The number of amides is 1. The first kappa shape index (κ1) is 14.2. The molecule has 2 saturated heterocycles. The summed E-state index contributed by atoms with van der Waals surface area (Å²) >= 11 is 0. The average Bonchev–Trinajstić information content (AvgIpc) is 2.71. The van der Waals surface area contributed by atoms with Crippen molar-refractivity contribution in [1.29, 1.82) is 0 Å². The predicted molar refractivity (Wildman–Crippen MR) is 74.1 cm³/mol. The maximum Gasteiger partial charge on any atom is 0.246 e. The summed E-state index contributed by atoms with van der Waals surface area (Å²) in [5.74, 6) is -0.127. The minimum Gasteiger partial charge on any atom is -0.313 e. The van der Waals surface area contributed by atoms with Crippen LogP contribution in [0.4, 0.5) is 10.1 Å². The van der Waals surface area contributed by atoms with E-state index >= 15 is 0 Å². The number of fused-ring (bicyclic) bond motifs is 1. The molecule has 1 unspecified atom stereocenters. The fourth-order valence-corrected chi connectivity index (χ4v) is 2.60. The van der Waals surface area contributed by atoms with E-state index in [-0.39, 0.29) is 30.2 Å². The van der Waals surface area contributed by atoms with Gasteiger partial charge >= 0.3 is 0 Å². The van der Waals surface area contributed by atoms with Gasteiger partial charge in [-0.25, -0.2) is 4.39 Å². The van der Waals surface area contributed by atoms with E-state index < -0.39 is 0 Å². The second-order valence-electron chi connectivity index (χ2n) is 4.87. The molecule has 104 valence electrons. The molecule has 4 nitrogen and oxygen atoms in total. The third kappa shape index (κ3) is 2.45. The minimum atomic E-state index is -0.232. The standard InChI is InChI=1S/C13H16FN3O.ClH/c1-9-6-10(2-3-11(9)14)17-8-16-5-4-15-7-12(16)13(17)18;/h2-3,6,12,15H,4-5,7-8H2,1H3;1H. The van der Waals surface area contributed by atoms with Crippen LogP contribution in [0, 0.1) is 12.7 Å². The molecule has 19 heavy (non-hydrogen) atoms. The van der Waals surface area contributed by atoms with Gasteiger partial charge in [0, 0.05) is 25.3 Å². The van der Waals surface area contributed by atoms with Gasteiger partial charge in [-0.15, -0.1) is 12.4 Å². The van der Waals surface area contributed by atoms with Gasteiger partial charge in [-0.2, -0.15) is 0 Å². The number of benzene rings is 1. The molecular formula is C13H17ClFN3O. The van der Waals surface area contributed by atoms with E-state index in [2.05, 4.69) is 10.2 Å². The maximum absolute atomic E-state index is 13.3. The highest BCUT2D eigenvalue weighted by Crippen LogP contribution is 2.25. The van der Waals surface area contributed by atoms with Gasteiger partial charge in [0.05, 0.1) is 6.67 Å². The molecule has 0 aliphatic carbocycles. The molecule has 6 heteroatoms. The Morgan fingerprint density at radius 1 is 1.42 bits per heavy atom. The van der Waals surface area contributed by atoms with E-state index in [4.69, 9.17) is 0 Å². The highest BCUT2D eigenvalue weighted by molar-refractivity contribution is 5.99. The second-order valence-corrected chi connectivity index (χ2v) is 4.87. The zero-order chi connectivity index (χ0) is 12.7. The molecular weight excluding hydrogens is 269 g/mol. The molecule has 2 fully saturated rings. The summed E-state index contributed by atoms with van der Waals surface area (Å²) in [7, 11) is 0. The first-order valence-electron chi connectivity index (χ1n) is 6.19. The van der Waals surface area contributed by atoms with Crippen molar-refractivity contribution in [3.8, 4) is 0 Å². The van der Waals surface area contributed by atoms with Gasteiger partial charge < -0.3 is 5.32 Å². The molecule has 0 aromatic heterocycles. The number of carbonyl (C=O) groups is 1. The Labute approximate surface area is 118 Å². The molecule has 0 saturated carbocycles. The van der Waals surface area contributed by atoms with E-state index in [1.807, 2.05) is 0 Å². The zero-order valence-corrected chi connectivity index (χ0v) is 11.5. The Balaban J connectivity index is 0.00000133. The van der Waals surface area contributed by atoms with Crippen LogP contribution >= 0.6 is 12.4 Å². The monoisotopic (exact) mass is 285 g/mol. The van der Waals surface area contributed by atoms with Crippen LogP contribution in [0.3, 0.4) is 0 Å². The Hall–Kier alpha value is -1.17. The summed E-state index contributed by atoms with van der Waals surface area (Å²) in [5.41, 5.74) is 1.36. The number of carbonyl (C=O) groups excluding carboxylic acids is 1. The van der Waals surface area contributed by atoms with Gasteiger partial charge in [0.15, 0.2) is 0 Å². The first-order chi connectivity index (χ1) is 8.66. The fourth-order valence-electron chi connectivity index (χ4n) is 2.60. The molecule has 0 spiro atoms. The number of hydrogen-bond donors (Lipinski definition) is 1. The molecule has 3 rings (SSSR count). The zero-order valence-electron chi connectivity index (χ0n) is 10.7. The molecule has 2 aliphatic rings. The minimum absolute atomic E-state index is 0. The molecule has 1 N–H and O–H groups in total. The molecule has 2 aliphatic heterocycles. The molecule has 2 heterocycles. The normalized spacial score (nSPS) is 23.2. The van der Waals surface area contributed by atoms with Gasteiger partial charge in [0.2, 0.25) is 5.91 Å². The number of piperazine rings is 1. The van der Waals surface area contributed by atoms with Crippen molar-refractivity contribution >= 4 is 24.0 Å². The first-order valence-corrected chi connectivity index (χ1v) is 6.19. The number of anilines is 1. The SMILES string of the molecule is Cc1cc(N2CN3CCNCC3C2=O)ccc1F.Cl. The van der Waals surface area contributed by atoms with Crippen LogP contribution in [0.1, 0.15) is 5.56 Å². The predicted octanol–water partition coefficient (Wildman–Crippen LogP) is 1.13. The van der Waals surface area contributed by atoms with Gasteiger partial charge in [-0.1, -0.05) is 0 Å². The average molecular weight is 286 g/mol. The van der Waals surface area contributed by atoms with Crippen molar-refractivity contribution in [1.82, 2.24) is 10.2 Å². The van der Waals surface area contributed by atoms with Crippen LogP contribution in [0.25, 0.3) is 0 Å². The van der Waals surface area contributed by atoms with Crippen molar-refractivity contribution in [3.05, 3.63) is 29.6 Å². The lowest BCUT2D eigenvalue weighted by atomic mass is 10.2. The van der Waals surface area contributed by atoms with Crippen molar-refractivity contribution in [2.75, 3.05) is 31.2 Å². The number of rotatable bonds is 1. The van der Waals surface area contributed by atoms with Gasteiger partial charge in [-0.05, 0) is 30.7 Å². The Morgan fingerprint density at radius 2 is 2.21 bits per heavy atom. The van der Waals surface area contributed by atoms with Gasteiger partial charge in [-0.3, -0.25) is 14.6 Å². The Kier molecular flexibility index (Phi) is 4.08. The topological polar surface area (TPSA) is 35.6 Å². The third-order valence-corrected chi connectivity index (χ3v) is 3.68. The quantitative estimate of drug-likeness (QED) is 0.840. The molecule has 1 aromatic carbocycles. The summed E-state index contributed by atoms with van der Waals surface area (Å²) in [5, 5.41) is 3.23. The molecule has 0 radical (unpaired) electrons. The van der Waals surface area contributed by atoms with E-state index in [1.54, 1.807) is 24.0 Å². The lowest BCUT2D eigenvalue weighted by Gasteiger charge is -2.26. The van der Waals surface area contributed by atoms with Crippen molar-refractivity contribution < 1.29 is 9.18 Å². The third-order valence-electron chi connectivity index (χ3n) is 3.68. The fraction of sp³-hybridized carbons (Fsp3) is 0.462. The van der Waals surface area contributed by atoms with Gasteiger partial charge in [0.25, 0.3) is 0 Å². The second kappa shape index (κ2) is 5.45. The summed E-state index contributed by atoms with van der Waals surface area (Å²) in [6.07, 6.45) is 0. The van der Waals surface area contributed by atoms with Crippen LogP contribution in [-0.2, 0) is 4.79 Å². The molecule has 1 atom stereocenters. The molecule has 1 aromatic rings. The summed E-state index contributed by atoms with van der Waals surface area (Å²) in [6, 6.07) is 4.77. The largest absolute Gasteiger partial charge is 0.313 e. The number of nitrogens with zero attached hydrogens (tertiary/aromatic N) is 2. The molecule has 0 bridgehead atoms. The lowest BCUT2D eigenvalue weighted by Crippen LogP contribution is -2.50. The van der Waals surface area contributed by atoms with E-state index in [0.717, 1.165) is 18.8 Å². The summed E-state index contributed by atoms with van der Waals surface area (Å²) in [6.45, 7) is 4.83. The lowest BCUT2D eigenvalue weighted by molar-refractivity contribution is -0.119. The van der Waals surface area contributed by atoms with Crippen LogP contribution in [0.2, 0.25) is 0 Å². The van der Waals surface area contributed by atoms with Crippen molar-refractivity contribution in [3.63, 3.8) is 0 Å². The van der Waals surface area contributed by atoms with Crippen molar-refractivity contribution in [2.45, 2.75) is 13.0 Å². The summed E-state index contributed by atoms with van der Waals surface area (Å²) < 4.78 is 13.3. The van der Waals surface area contributed by atoms with Crippen molar-refractivity contribution in [2.24, 2.45) is 0 Å². The number of aryl methyl sites for hydroxylation is 1. The number of halogens is 2. The smallest absolute Gasteiger partial charge is 0.246 e. The number of nitrogens with one attached hydrogen (secondary N) is 1. The van der Waals surface area contributed by atoms with E-state index in [0.29, 0.717) is 18.8 Å². The van der Waals surface area contributed by atoms with E-state index in [9.17, 15) is 9.18 Å². The highest BCUT2D eigenvalue weighted by Gasteiger charge is 2.40. The van der Waals surface area contributed by atoms with Crippen LogP contribution < -0.4 is 10.2 Å². The Morgan fingerprint density at radius 3 is 2.89 bits per heavy atom. The Bertz CT molecular complexity index is 497. The van der Waals surface area contributed by atoms with Crippen LogP contribution in [-0.4, -0.2) is 43.2 Å². The van der Waals surface area contributed by atoms with Crippen LogP contribution in [0.15, 0.2) is 18.2 Å². The maximum atomic E-state index is 13.3. The molecule has 1 amide bonds. The van der Waals surface area contributed by atoms with Gasteiger partial charge in [0.1, 0.15) is 11.9 Å². The number of hydrogen-bond acceptors (Lipinski definition) is 3. The highest BCUT2D eigenvalue weighted by atomic mass is 35.5.